The molecule has 1 aromatic heterocycles. The van der Waals surface area contributed by atoms with Crippen LogP contribution in [0.1, 0.15) is 44.6 Å². The molecule has 0 bridgehead atoms. The van der Waals surface area contributed by atoms with Gasteiger partial charge in [-0.1, -0.05) is 54.8 Å². The van der Waals surface area contributed by atoms with E-state index < -0.39 is 0 Å². The number of thioether (sulfide) groups is 1. The highest BCUT2D eigenvalue weighted by molar-refractivity contribution is 7.99. The summed E-state index contributed by atoms with van der Waals surface area (Å²) < 4.78 is 2.06. The lowest BCUT2D eigenvalue weighted by molar-refractivity contribution is -0.129. The van der Waals surface area contributed by atoms with Crippen LogP contribution in [0.2, 0.25) is 0 Å². The fourth-order valence-corrected chi connectivity index (χ4v) is 5.47. The van der Waals surface area contributed by atoms with E-state index in [9.17, 15) is 9.59 Å². The lowest BCUT2D eigenvalue weighted by atomic mass is 9.96. The first-order valence-electron chi connectivity index (χ1n) is 12.0. The molecule has 4 rings (SSSR count). The van der Waals surface area contributed by atoms with Crippen molar-refractivity contribution in [3.8, 4) is 11.4 Å². The number of aryl methyl sites for hydroxylation is 1. The fraction of sp³-hybridized carbons (Fsp3) is 0.583. The molecule has 0 unspecified atom stereocenters. The van der Waals surface area contributed by atoms with E-state index >= 15 is 0 Å². The van der Waals surface area contributed by atoms with E-state index in [-0.39, 0.29) is 11.9 Å². The van der Waals surface area contributed by atoms with E-state index in [1.54, 1.807) is 0 Å². The molecule has 1 aliphatic carbocycles. The number of carbonyl (C=O) groups is 2. The number of hydrogen-bond acceptors (Lipinski definition) is 5. The van der Waals surface area contributed by atoms with Crippen LogP contribution in [0.25, 0.3) is 11.4 Å². The molecule has 1 saturated carbocycles. The quantitative estimate of drug-likeness (QED) is 0.653. The van der Waals surface area contributed by atoms with Crippen LogP contribution in [0.3, 0.4) is 0 Å². The molecule has 178 valence electrons. The number of aromatic nitrogens is 3. The van der Waals surface area contributed by atoms with Gasteiger partial charge in [-0.3, -0.25) is 4.79 Å². The maximum absolute atomic E-state index is 12.8. The maximum atomic E-state index is 12.8. The van der Waals surface area contributed by atoms with Crippen LogP contribution in [0.4, 0.5) is 4.79 Å². The van der Waals surface area contributed by atoms with Gasteiger partial charge in [-0.05, 0) is 32.8 Å². The van der Waals surface area contributed by atoms with E-state index in [1.807, 2.05) is 21.9 Å². The number of urea groups is 1. The Bertz CT molecular complexity index is 964. The van der Waals surface area contributed by atoms with E-state index in [1.165, 1.54) is 36.6 Å². The van der Waals surface area contributed by atoms with Crippen molar-refractivity contribution in [1.29, 1.82) is 0 Å². The largest absolute Gasteiger partial charge is 0.338 e. The summed E-state index contributed by atoms with van der Waals surface area (Å²) in [4.78, 5) is 29.1. The van der Waals surface area contributed by atoms with Gasteiger partial charge >= 0.3 is 6.03 Å². The van der Waals surface area contributed by atoms with Gasteiger partial charge in [0.1, 0.15) is 0 Å². The Balaban J connectivity index is 1.27. The minimum Gasteiger partial charge on any atom is -0.338 e. The van der Waals surface area contributed by atoms with Crippen molar-refractivity contribution in [3.05, 3.63) is 29.8 Å². The first kappa shape index (κ1) is 23.6. The van der Waals surface area contributed by atoms with Crippen LogP contribution in [0.5, 0.6) is 0 Å². The summed E-state index contributed by atoms with van der Waals surface area (Å²) in [5.41, 5.74) is 2.21. The number of hydrogen-bond donors (Lipinski definition) is 1. The van der Waals surface area contributed by atoms with Crippen LogP contribution in [-0.4, -0.2) is 74.5 Å². The van der Waals surface area contributed by atoms with Crippen molar-refractivity contribution < 1.29 is 9.59 Å². The number of piperazine rings is 1. The summed E-state index contributed by atoms with van der Waals surface area (Å²) in [7, 11) is 0. The Morgan fingerprint density at radius 1 is 1.06 bits per heavy atom. The van der Waals surface area contributed by atoms with E-state index in [0.29, 0.717) is 38.0 Å². The molecule has 33 heavy (non-hydrogen) atoms. The highest BCUT2D eigenvalue weighted by atomic mass is 32.2. The fourth-order valence-electron chi connectivity index (χ4n) is 4.57. The minimum absolute atomic E-state index is 0.0168. The second-order valence-corrected chi connectivity index (χ2v) is 9.80. The predicted octanol–water partition coefficient (Wildman–Crippen LogP) is 3.55. The van der Waals surface area contributed by atoms with Gasteiger partial charge in [0.2, 0.25) is 5.91 Å². The van der Waals surface area contributed by atoms with E-state index in [4.69, 9.17) is 0 Å². The second kappa shape index (κ2) is 11.0. The third-order valence-electron chi connectivity index (χ3n) is 6.49. The molecule has 0 spiro atoms. The number of carbonyl (C=O) groups excluding carboxylic acids is 2. The first-order valence-corrected chi connectivity index (χ1v) is 13.0. The Morgan fingerprint density at radius 3 is 2.48 bits per heavy atom. The predicted molar refractivity (Wildman–Crippen MR) is 130 cm³/mol. The van der Waals surface area contributed by atoms with Crippen LogP contribution in [-0.2, 0) is 11.3 Å². The normalized spacial score (nSPS) is 17.3. The number of rotatable bonds is 6. The molecule has 1 aliphatic heterocycles. The van der Waals surface area contributed by atoms with Crippen molar-refractivity contribution in [3.63, 3.8) is 0 Å². The molecule has 1 N–H and O–H groups in total. The van der Waals surface area contributed by atoms with Gasteiger partial charge in [-0.2, -0.15) is 0 Å². The Hall–Kier alpha value is -2.55. The van der Waals surface area contributed by atoms with Crippen LogP contribution < -0.4 is 5.32 Å². The molecular weight excluding hydrogens is 436 g/mol. The molecular formula is C24H34N6O2S. The van der Waals surface area contributed by atoms with Crippen molar-refractivity contribution in [2.45, 2.75) is 63.7 Å². The Kier molecular flexibility index (Phi) is 7.90. The zero-order valence-electron chi connectivity index (χ0n) is 19.6. The molecule has 2 fully saturated rings. The minimum atomic E-state index is 0.0168. The van der Waals surface area contributed by atoms with Gasteiger partial charge in [0.25, 0.3) is 0 Å². The molecule has 2 heterocycles. The van der Waals surface area contributed by atoms with Gasteiger partial charge < -0.3 is 19.7 Å². The number of nitrogens with one attached hydrogen (secondary N) is 1. The molecule has 0 radical (unpaired) electrons. The summed E-state index contributed by atoms with van der Waals surface area (Å²) in [5, 5.41) is 12.7. The first-order chi connectivity index (χ1) is 16.0. The average Bonchev–Trinajstić information content (AvgIpc) is 3.26. The molecule has 3 amide bonds. The highest BCUT2D eigenvalue weighted by Gasteiger charge is 2.26. The van der Waals surface area contributed by atoms with Crippen LogP contribution in [0.15, 0.2) is 29.4 Å². The van der Waals surface area contributed by atoms with Crippen molar-refractivity contribution >= 4 is 23.7 Å². The zero-order valence-corrected chi connectivity index (χ0v) is 20.4. The summed E-state index contributed by atoms with van der Waals surface area (Å²) >= 11 is 1.43. The molecule has 0 atom stereocenters. The lowest BCUT2D eigenvalue weighted by Crippen LogP contribution is -2.55. The average molecular weight is 471 g/mol. The van der Waals surface area contributed by atoms with Gasteiger partial charge in [0.05, 0.1) is 5.75 Å². The van der Waals surface area contributed by atoms with Crippen molar-refractivity contribution in [2.24, 2.45) is 0 Å². The topological polar surface area (TPSA) is 83.4 Å². The van der Waals surface area contributed by atoms with Gasteiger partial charge in [0.15, 0.2) is 11.0 Å². The van der Waals surface area contributed by atoms with Crippen LogP contribution >= 0.6 is 11.8 Å². The smallest absolute Gasteiger partial charge is 0.317 e. The van der Waals surface area contributed by atoms with Crippen molar-refractivity contribution in [1.82, 2.24) is 29.9 Å². The number of amides is 3. The SMILES string of the molecule is CCn1c(SCC(=O)N2CCN(C(=O)NC3CCCCC3)CC2)nnc1-c1cccc(C)c1. The molecule has 1 aromatic carbocycles. The van der Waals surface area contributed by atoms with Gasteiger partial charge in [-0.15, -0.1) is 10.2 Å². The van der Waals surface area contributed by atoms with E-state index in [2.05, 4.69) is 46.1 Å². The standard InChI is InChI=1S/C24H34N6O2S/c1-3-30-22(19-9-7-8-18(2)16-19)26-27-24(30)33-17-21(31)28-12-14-29(15-13-28)23(32)25-20-10-5-4-6-11-20/h7-9,16,20H,3-6,10-15,17H2,1-2H3,(H,25,32). The summed E-state index contributed by atoms with van der Waals surface area (Å²) in [6.45, 7) is 7.17. The molecule has 8 nitrogen and oxygen atoms in total. The number of benzene rings is 1. The Labute approximate surface area is 200 Å². The summed E-state index contributed by atoms with van der Waals surface area (Å²) in [6, 6.07) is 8.53. The molecule has 2 aliphatic rings. The van der Waals surface area contributed by atoms with Gasteiger partial charge in [-0.25, -0.2) is 4.79 Å². The second-order valence-electron chi connectivity index (χ2n) is 8.86. The summed E-state index contributed by atoms with van der Waals surface area (Å²) in [6.07, 6.45) is 5.82. The highest BCUT2D eigenvalue weighted by Crippen LogP contribution is 2.25. The monoisotopic (exact) mass is 470 g/mol. The maximum Gasteiger partial charge on any atom is 0.317 e. The third kappa shape index (κ3) is 5.88. The molecule has 2 aromatic rings. The Morgan fingerprint density at radius 2 is 1.79 bits per heavy atom. The van der Waals surface area contributed by atoms with Crippen molar-refractivity contribution in [2.75, 3.05) is 31.9 Å². The van der Waals surface area contributed by atoms with E-state index in [0.717, 1.165) is 35.9 Å². The van der Waals surface area contributed by atoms with Gasteiger partial charge in [0, 0.05) is 44.3 Å². The summed E-state index contributed by atoms with van der Waals surface area (Å²) in [5.74, 6) is 1.23. The zero-order chi connectivity index (χ0) is 23.2. The lowest BCUT2D eigenvalue weighted by Gasteiger charge is -2.36. The third-order valence-corrected chi connectivity index (χ3v) is 7.44. The molecule has 9 heteroatoms. The number of nitrogens with zero attached hydrogens (tertiary/aromatic N) is 5. The molecule has 1 saturated heterocycles. The van der Waals surface area contributed by atoms with Crippen LogP contribution in [0, 0.1) is 6.92 Å².